The molecule has 0 aliphatic rings. The van der Waals surface area contributed by atoms with Crippen LogP contribution in [-0.2, 0) is 9.59 Å². The molecule has 0 radical (unpaired) electrons. The van der Waals surface area contributed by atoms with E-state index in [9.17, 15) is 14.4 Å². The van der Waals surface area contributed by atoms with Crippen LogP contribution in [0.25, 0.3) is 17.2 Å². The Morgan fingerprint density at radius 3 is 2.21 bits per heavy atom. The summed E-state index contributed by atoms with van der Waals surface area (Å²) in [5, 5.41) is 10.9. The van der Waals surface area contributed by atoms with Crippen LogP contribution in [0.4, 0.5) is 10.8 Å². The molecule has 0 spiro atoms. The Bertz CT molecular complexity index is 1750. The molecule has 43 heavy (non-hydrogen) atoms. The zero-order chi connectivity index (χ0) is 30.0. The molecule has 3 amide bonds. The highest BCUT2D eigenvalue weighted by Crippen LogP contribution is 2.24. The predicted molar refractivity (Wildman–Crippen MR) is 175 cm³/mol. The van der Waals surface area contributed by atoms with Crippen LogP contribution in [0.3, 0.4) is 0 Å². The van der Waals surface area contributed by atoms with Crippen LogP contribution in [-0.4, -0.2) is 28.5 Å². The van der Waals surface area contributed by atoms with Gasteiger partial charge in [0.15, 0.2) is 5.13 Å². The van der Waals surface area contributed by atoms with Crippen molar-refractivity contribution in [2.45, 2.75) is 11.8 Å². The first kappa shape index (κ1) is 29.5. The number of thiazole rings is 1. The first-order valence-corrected chi connectivity index (χ1v) is 15.3. The van der Waals surface area contributed by atoms with Crippen LogP contribution in [0.2, 0.25) is 0 Å². The van der Waals surface area contributed by atoms with Crippen LogP contribution >= 0.6 is 23.1 Å². The number of anilines is 2. The molecule has 0 saturated heterocycles. The molecule has 1 aromatic heterocycles. The number of carbonyl (C=O) groups excluding carboxylic acids is 3. The molecule has 9 heteroatoms. The fraction of sp³-hybridized carbons (Fsp3) is 0.0588. The van der Waals surface area contributed by atoms with E-state index in [0.29, 0.717) is 16.4 Å². The Balaban J connectivity index is 1.30. The van der Waals surface area contributed by atoms with E-state index in [1.807, 2.05) is 79.0 Å². The molecule has 0 atom stereocenters. The molecular weight excluding hydrogens is 577 g/mol. The third-order valence-corrected chi connectivity index (χ3v) is 8.05. The Hall–Kier alpha value is -4.99. The van der Waals surface area contributed by atoms with Crippen molar-refractivity contribution >= 4 is 57.7 Å². The summed E-state index contributed by atoms with van der Waals surface area (Å²) in [5.74, 6) is -0.849. The number of benzene rings is 4. The lowest BCUT2D eigenvalue weighted by Gasteiger charge is -2.12. The summed E-state index contributed by atoms with van der Waals surface area (Å²) in [4.78, 5) is 43.9. The number of amides is 3. The highest BCUT2D eigenvalue weighted by atomic mass is 32.2. The van der Waals surface area contributed by atoms with Crippen molar-refractivity contribution < 1.29 is 14.4 Å². The topological polar surface area (TPSA) is 100 Å². The van der Waals surface area contributed by atoms with E-state index < -0.39 is 11.8 Å². The van der Waals surface area contributed by atoms with Gasteiger partial charge in [-0.2, -0.15) is 0 Å². The molecule has 4 aromatic carbocycles. The lowest BCUT2D eigenvalue weighted by Crippen LogP contribution is -2.30. The number of carbonyl (C=O) groups is 3. The Morgan fingerprint density at radius 2 is 1.51 bits per heavy atom. The van der Waals surface area contributed by atoms with E-state index in [1.165, 1.54) is 23.1 Å². The second-order valence-corrected chi connectivity index (χ2v) is 11.4. The van der Waals surface area contributed by atoms with Gasteiger partial charge in [-0.1, -0.05) is 78.9 Å². The molecule has 0 aliphatic carbocycles. The highest BCUT2D eigenvalue weighted by Gasteiger charge is 2.16. The summed E-state index contributed by atoms with van der Waals surface area (Å²) < 4.78 is 0. The first-order valence-electron chi connectivity index (χ1n) is 13.4. The zero-order valence-electron chi connectivity index (χ0n) is 23.2. The zero-order valence-corrected chi connectivity index (χ0v) is 24.9. The number of thioether (sulfide) groups is 1. The molecule has 0 fully saturated rings. The standard InChI is InChI=1S/C34H28N4O3S2/c1-23-21-43-34(35-23)38-31(39)22-42-29-14-8-13-28(20-29)36-33(41)30(37-32(40)27-11-6-3-7-12-27)19-24-15-17-26(18-16-24)25-9-4-2-5-10-25/h2-21H,22H2,1H3,(H,36,41)(H,37,40)(H,35,38,39)/b30-19+. The molecular formula is C34H28N4O3S2. The number of hydrogen-bond donors (Lipinski definition) is 3. The van der Waals surface area contributed by atoms with Crippen molar-refractivity contribution in [3.05, 3.63) is 137 Å². The average molecular weight is 605 g/mol. The minimum absolute atomic E-state index is 0.0949. The van der Waals surface area contributed by atoms with Crippen LogP contribution in [0.5, 0.6) is 0 Å². The van der Waals surface area contributed by atoms with E-state index in [-0.39, 0.29) is 17.4 Å². The molecule has 0 saturated carbocycles. The average Bonchev–Trinajstić information content (AvgIpc) is 3.45. The van der Waals surface area contributed by atoms with Gasteiger partial charge in [0.1, 0.15) is 5.70 Å². The van der Waals surface area contributed by atoms with Gasteiger partial charge >= 0.3 is 0 Å². The lowest BCUT2D eigenvalue weighted by atomic mass is 10.0. The third-order valence-electron chi connectivity index (χ3n) is 6.18. The summed E-state index contributed by atoms with van der Waals surface area (Å²) in [7, 11) is 0. The monoisotopic (exact) mass is 604 g/mol. The lowest BCUT2D eigenvalue weighted by molar-refractivity contribution is -0.114. The molecule has 0 bridgehead atoms. The molecule has 0 unspecified atom stereocenters. The van der Waals surface area contributed by atoms with Gasteiger partial charge in [0, 0.05) is 21.5 Å². The molecule has 214 valence electrons. The second-order valence-electron chi connectivity index (χ2n) is 9.48. The van der Waals surface area contributed by atoms with Gasteiger partial charge in [0.2, 0.25) is 5.91 Å². The van der Waals surface area contributed by atoms with Crippen LogP contribution < -0.4 is 16.0 Å². The predicted octanol–water partition coefficient (Wildman–Crippen LogP) is 7.26. The fourth-order valence-corrected chi connectivity index (χ4v) is 5.55. The van der Waals surface area contributed by atoms with E-state index >= 15 is 0 Å². The molecule has 1 heterocycles. The van der Waals surface area contributed by atoms with E-state index in [1.54, 1.807) is 48.5 Å². The maximum atomic E-state index is 13.5. The molecule has 5 aromatic rings. The molecule has 0 aliphatic heterocycles. The minimum atomic E-state index is -0.476. The number of hydrogen-bond acceptors (Lipinski definition) is 6. The van der Waals surface area contributed by atoms with Gasteiger partial charge in [-0.3, -0.25) is 14.4 Å². The van der Waals surface area contributed by atoms with Gasteiger partial charge in [-0.15, -0.1) is 23.1 Å². The number of aromatic nitrogens is 1. The van der Waals surface area contributed by atoms with E-state index in [2.05, 4.69) is 20.9 Å². The maximum absolute atomic E-state index is 13.5. The van der Waals surface area contributed by atoms with Gasteiger partial charge in [0.25, 0.3) is 11.8 Å². The van der Waals surface area contributed by atoms with Crippen molar-refractivity contribution in [1.29, 1.82) is 0 Å². The van der Waals surface area contributed by atoms with E-state index in [0.717, 1.165) is 27.3 Å². The van der Waals surface area contributed by atoms with Gasteiger partial charge in [0.05, 0.1) is 11.4 Å². The highest BCUT2D eigenvalue weighted by molar-refractivity contribution is 8.00. The quantitative estimate of drug-likeness (QED) is 0.115. The Kier molecular flexibility index (Phi) is 9.78. The molecule has 3 N–H and O–H groups in total. The normalized spacial score (nSPS) is 11.0. The molecule has 7 nitrogen and oxygen atoms in total. The van der Waals surface area contributed by atoms with Crippen LogP contribution in [0.1, 0.15) is 21.6 Å². The van der Waals surface area contributed by atoms with Gasteiger partial charge in [-0.05, 0) is 60.0 Å². The van der Waals surface area contributed by atoms with Crippen LogP contribution in [0.15, 0.2) is 125 Å². The summed E-state index contributed by atoms with van der Waals surface area (Å²) in [6.07, 6.45) is 1.65. The maximum Gasteiger partial charge on any atom is 0.272 e. The smallest absolute Gasteiger partial charge is 0.272 e. The molecule has 5 rings (SSSR count). The van der Waals surface area contributed by atoms with Gasteiger partial charge in [-0.25, -0.2) is 4.98 Å². The SMILES string of the molecule is Cc1csc(NC(=O)CSc2cccc(NC(=O)/C(=C\c3ccc(-c4ccccc4)cc3)NC(=O)c3ccccc3)c2)n1. The van der Waals surface area contributed by atoms with Crippen molar-refractivity contribution in [2.75, 3.05) is 16.4 Å². The number of nitrogens with zero attached hydrogens (tertiary/aromatic N) is 1. The third kappa shape index (κ3) is 8.51. The Morgan fingerprint density at radius 1 is 0.814 bits per heavy atom. The number of aryl methyl sites for hydroxylation is 1. The van der Waals surface area contributed by atoms with Crippen molar-refractivity contribution in [3.63, 3.8) is 0 Å². The number of rotatable bonds is 10. The summed E-state index contributed by atoms with van der Waals surface area (Å²) in [6.45, 7) is 1.87. The van der Waals surface area contributed by atoms with Gasteiger partial charge < -0.3 is 16.0 Å². The van der Waals surface area contributed by atoms with Crippen molar-refractivity contribution in [2.24, 2.45) is 0 Å². The largest absolute Gasteiger partial charge is 0.321 e. The fourth-order valence-electron chi connectivity index (χ4n) is 4.09. The first-order chi connectivity index (χ1) is 20.9. The van der Waals surface area contributed by atoms with Crippen LogP contribution in [0, 0.1) is 6.92 Å². The number of nitrogens with one attached hydrogen (secondary N) is 3. The van der Waals surface area contributed by atoms with E-state index in [4.69, 9.17) is 0 Å². The summed E-state index contributed by atoms with van der Waals surface area (Å²) in [5.41, 5.74) is 4.80. The Labute approximate surface area is 258 Å². The van der Waals surface area contributed by atoms with Crippen molar-refractivity contribution in [1.82, 2.24) is 10.3 Å². The summed E-state index contributed by atoms with van der Waals surface area (Å²) >= 11 is 2.72. The van der Waals surface area contributed by atoms with Crippen molar-refractivity contribution in [3.8, 4) is 11.1 Å². The summed E-state index contributed by atoms with van der Waals surface area (Å²) in [6, 6.07) is 33.7. The second kappa shape index (κ2) is 14.3. The minimum Gasteiger partial charge on any atom is -0.321 e.